The number of thiazole rings is 1. The standard InChI is InChI=1S/C18H23N3OS/c1-13-4-3-5-14(10-13)18-20-16(12-23-18)11-17(22)19-15-6-8-21(2)9-7-15/h3-5,10,12,15H,6-9,11H2,1-2H3,(H,19,22). The molecule has 1 fully saturated rings. The van der Waals surface area contributed by atoms with Gasteiger partial charge < -0.3 is 10.2 Å². The van der Waals surface area contributed by atoms with Crippen LogP contribution in [0.4, 0.5) is 0 Å². The molecule has 0 atom stereocenters. The number of hydrogen-bond donors (Lipinski definition) is 1. The van der Waals surface area contributed by atoms with Gasteiger partial charge in [0.15, 0.2) is 0 Å². The average Bonchev–Trinajstić information content (AvgIpc) is 2.98. The Balaban J connectivity index is 1.57. The molecule has 23 heavy (non-hydrogen) atoms. The number of carbonyl (C=O) groups excluding carboxylic acids is 1. The molecule has 1 aromatic heterocycles. The van der Waals surface area contributed by atoms with Gasteiger partial charge in [-0.15, -0.1) is 11.3 Å². The summed E-state index contributed by atoms with van der Waals surface area (Å²) in [5.74, 6) is 0.0839. The molecule has 0 aliphatic carbocycles. The summed E-state index contributed by atoms with van der Waals surface area (Å²) in [7, 11) is 2.13. The minimum atomic E-state index is 0.0839. The maximum absolute atomic E-state index is 12.2. The second kappa shape index (κ2) is 7.23. The molecular weight excluding hydrogens is 306 g/mol. The van der Waals surface area contributed by atoms with Crippen LogP contribution in [0.3, 0.4) is 0 Å². The number of benzene rings is 1. The zero-order chi connectivity index (χ0) is 16.2. The molecule has 1 N–H and O–H groups in total. The maximum Gasteiger partial charge on any atom is 0.226 e. The second-order valence-electron chi connectivity index (χ2n) is 6.34. The van der Waals surface area contributed by atoms with Crippen molar-refractivity contribution in [3.05, 3.63) is 40.9 Å². The molecule has 1 saturated heterocycles. The lowest BCUT2D eigenvalue weighted by atomic mass is 10.1. The molecule has 0 spiro atoms. The van der Waals surface area contributed by atoms with Crippen LogP contribution in [0.15, 0.2) is 29.6 Å². The van der Waals surface area contributed by atoms with E-state index in [1.807, 2.05) is 11.4 Å². The van der Waals surface area contributed by atoms with Crippen LogP contribution in [0.25, 0.3) is 10.6 Å². The van der Waals surface area contributed by atoms with Crippen molar-refractivity contribution in [1.29, 1.82) is 0 Å². The lowest BCUT2D eigenvalue weighted by molar-refractivity contribution is -0.121. The van der Waals surface area contributed by atoms with Crippen molar-refractivity contribution >= 4 is 17.2 Å². The molecule has 1 aliphatic rings. The fraction of sp³-hybridized carbons (Fsp3) is 0.444. The molecule has 3 rings (SSSR count). The Kier molecular flexibility index (Phi) is 5.08. The zero-order valence-electron chi connectivity index (χ0n) is 13.7. The SMILES string of the molecule is Cc1cccc(-c2nc(CC(=O)NC3CCN(C)CC3)cs2)c1. The highest BCUT2D eigenvalue weighted by molar-refractivity contribution is 7.13. The van der Waals surface area contributed by atoms with Crippen LogP contribution in [-0.2, 0) is 11.2 Å². The van der Waals surface area contributed by atoms with Crippen molar-refractivity contribution in [2.75, 3.05) is 20.1 Å². The Morgan fingerprint density at radius 1 is 1.39 bits per heavy atom. The van der Waals surface area contributed by atoms with Crippen LogP contribution in [0.5, 0.6) is 0 Å². The first-order valence-corrected chi connectivity index (χ1v) is 8.97. The third-order valence-corrected chi connectivity index (χ3v) is 5.18. The molecule has 1 aromatic carbocycles. The van der Waals surface area contributed by atoms with Crippen molar-refractivity contribution in [2.24, 2.45) is 0 Å². The predicted molar refractivity (Wildman–Crippen MR) is 94.7 cm³/mol. The molecule has 4 nitrogen and oxygen atoms in total. The maximum atomic E-state index is 12.2. The number of carbonyl (C=O) groups is 1. The first-order valence-electron chi connectivity index (χ1n) is 8.09. The predicted octanol–water partition coefficient (Wildman–Crippen LogP) is 2.87. The highest BCUT2D eigenvalue weighted by atomic mass is 32.1. The van der Waals surface area contributed by atoms with Crippen LogP contribution in [0.1, 0.15) is 24.1 Å². The lowest BCUT2D eigenvalue weighted by Gasteiger charge is -2.29. The van der Waals surface area contributed by atoms with E-state index in [4.69, 9.17) is 0 Å². The van der Waals surface area contributed by atoms with Gasteiger partial charge in [0.25, 0.3) is 0 Å². The van der Waals surface area contributed by atoms with E-state index < -0.39 is 0 Å². The molecule has 0 saturated carbocycles. The Morgan fingerprint density at radius 3 is 2.91 bits per heavy atom. The summed E-state index contributed by atoms with van der Waals surface area (Å²) >= 11 is 1.60. The summed E-state index contributed by atoms with van der Waals surface area (Å²) in [6.07, 6.45) is 2.44. The Bertz CT molecular complexity index is 674. The number of amides is 1. The molecule has 0 bridgehead atoms. The van der Waals surface area contributed by atoms with E-state index in [0.29, 0.717) is 12.5 Å². The molecule has 122 valence electrons. The smallest absolute Gasteiger partial charge is 0.226 e. The largest absolute Gasteiger partial charge is 0.353 e. The third kappa shape index (κ3) is 4.39. The van der Waals surface area contributed by atoms with E-state index in [-0.39, 0.29) is 5.91 Å². The van der Waals surface area contributed by atoms with E-state index in [2.05, 4.69) is 47.4 Å². The number of hydrogen-bond acceptors (Lipinski definition) is 4. The molecule has 0 unspecified atom stereocenters. The first kappa shape index (κ1) is 16.1. The van der Waals surface area contributed by atoms with Crippen LogP contribution < -0.4 is 5.32 Å². The fourth-order valence-corrected chi connectivity index (χ4v) is 3.71. The normalized spacial score (nSPS) is 16.4. The number of aryl methyl sites for hydroxylation is 1. The summed E-state index contributed by atoms with van der Waals surface area (Å²) in [4.78, 5) is 19.1. The van der Waals surface area contributed by atoms with E-state index in [0.717, 1.165) is 42.2 Å². The molecule has 1 amide bonds. The van der Waals surface area contributed by atoms with E-state index >= 15 is 0 Å². The average molecular weight is 329 g/mol. The minimum Gasteiger partial charge on any atom is -0.353 e. The van der Waals surface area contributed by atoms with Gasteiger partial charge in [-0.3, -0.25) is 4.79 Å². The van der Waals surface area contributed by atoms with E-state index in [1.165, 1.54) is 5.56 Å². The Hall–Kier alpha value is -1.72. The number of rotatable bonds is 4. The Morgan fingerprint density at radius 2 is 2.17 bits per heavy atom. The zero-order valence-corrected chi connectivity index (χ0v) is 14.5. The van der Waals surface area contributed by atoms with Crippen LogP contribution >= 0.6 is 11.3 Å². The van der Waals surface area contributed by atoms with Gasteiger partial charge >= 0.3 is 0 Å². The lowest BCUT2D eigenvalue weighted by Crippen LogP contribution is -2.43. The summed E-state index contributed by atoms with van der Waals surface area (Å²) in [6.45, 7) is 4.19. The van der Waals surface area contributed by atoms with Gasteiger partial charge in [0.1, 0.15) is 5.01 Å². The topological polar surface area (TPSA) is 45.2 Å². The van der Waals surface area contributed by atoms with Gasteiger partial charge in [-0.05, 0) is 46.0 Å². The molecular formula is C18H23N3OS. The molecule has 0 radical (unpaired) electrons. The highest BCUT2D eigenvalue weighted by Crippen LogP contribution is 2.24. The van der Waals surface area contributed by atoms with Gasteiger partial charge in [0, 0.05) is 17.0 Å². The number of nitrogens with zero attached hydrogens (tertiary/aromatic N) is 2. The van der Waals surface area contributed by atoms with Crippen LogP contribution in [-0.4, -0.2) is 42.0 Å². The molecule has 2 aromatic rings. The van der Waals surface area contributed by atoms with E-state index in [9.17, 15) is 4.79 Å². The van der Waals surface area contributed by atoms with E-state index in [1.54, 1.807) is 11.3 Å². The molecule has 5 heteroatoms. The van der Waals surface area contributed by atoms with Crippen LogP contribution in [0, 0.1) is 6.92 Å². The minimum absolute atomic E-state index is 0.0839. The monoisotopic (exact) mass is 329 g/mol. The van der Waals surface area contributed by atoms with Crippen LogP contribution in [0.2, 0.25) is 0 Å². The highest BCUT2D eigenvalue weighted by Gasteiger charge is 2.19. The number of aromatic nitrogens is 1. The molecule has 2 heterocycles. The number of nitrogens with one attached hydrogen (secondary N) is 1. The number of likely N-dealkylation sites (tertiary alicyclic amines) is 1. The summed E-state index contributed by atoms with van der Waals surface area (Å²) in [6, 6.07) is 8.62. The fourth-order valence-electron chi connectivity index (χ4n) is 2.89. The third-order valence-electron chi connectivity index (χ3n) is 4.24. The molecule has 1 aliphatic heterocycles. The summed E-state index contributed by atoms with van der Waals surface area (Å²) < 4.78 is 0. The number of piperidine rings is 1. The summed E-state index contributed by atoms with van der Waals surface area (Å²) in [5.41, 5.74) is 3.20. The summed E-state index contributed by atoms with van der Waals surface area (Å²) in [5, 5.41) is 6.12. The van der Waals surface area contributed by atoms with Gasteiger partial charge in [0.05, 0.1) is 12.1 Å². The van der Waals surface area contributed by atoms with Crippen molar-refractivity contribution < 1.29 is 4.79 Å². The van der Waals surface area contributed by atoms with Gasteiger partial charge in [0.2, 0.25) is 5.91 Å². The quantitative estimate of drug-likeness (QED) is 0.938. The van der Waals surface area contributed by atoms with Gasteiger partial charge in [-0.25, -0.2) is 4.98 Å². The van der Waals surface area contributed by atoms with Gasteiger partial charge in [-0.2, -0.15) is 0 Å². The first-order chi connectivity index (χ1) is 11.1. The van der Waals surface area contributed by atoms with Crippen molar-refractivity contribution in [3.8, 4) is 10.6 Å². The van der Waals surface area contributed by atoms with Crippen molar-refractivity contribution in [2.45, 2.75) is 32.2 Å². The Labute approximate surface area is 141 Å². The van der Waals surface area contributed by atoms with Crippen molar-refractivity contribution in [3.63, 3.8) is 0 Å². The van der Waals surface area contributed by atoms with Crippen molar-refractivity contribution in [1.82, 2.24) is 15.2 Å². The van der Waals surface area contributed by atoms with Gasteiger partial charge in [-0.1, -0.05) is 23.8 Å². The second-order valence-corrected chi connectivity index (χ2v) is 7.19.